The number of aliphatic hydroxyl groups is 1. The summed E-state index contributed by atoms with van der Waals surface area (Å²) in [5, 5.41) is 13.3. The van der Waals surface area contributed by atoms with Crippen LogP contribution in [0.3, 0.4) is 0 Å². The number of methoxy groups -OCH3 is 1. The summed E-state index contributed by atoms with van der Waals surface area (Å²) in [7, 11) is 1.71. The second-order valence-corrected chi connectivity index (χ2v) is 5.55. The number of benzene rings is 1. The number of hydrogen-bond donors (Lipinski definition) is 2. The fraction of sp³-hybridized carbons (Fsp3) is 0.625. The lowest BCUT2D eigenvalue weighted by Gasteiger charge is -2.19. The van der Waals surface area contributed by atoms with Gasteiger partial charge in [-0.2, -0.15) is 0 Å². The van der Waals surface area contributed by atoms with Crippen molar-refractivity contribution in [2.75, 3.05) is 33.3 Å². The summed E-state index contributed by atoms with van der Waals surface area (Å²) in [6, 6.07) is 8.35. The minimum absolute atomic E-state index is 0.282. The zero-order chi connectivity index (χ0) is 14.2. The third-order valence-electron chi connectivity index (χ3n) is 3.68. The first-order chi connectivity index (χ1) is 9.78. The number of nitrogens with one attached hydrogen (secondary N) is 1. The predicted octanol–water partition coefficient (Wildman–Crippen LogP) is 1.38. The van der Waals surface area contributed by atoms with Gasteiger partial charge in [-0.15, -0.1) is 0 Å². The zero-order valence-electron chi connectivity index (χ0n) is 12.3. The first-order valence-electron chi connectivity index (χ1n) is 7.46. The average molecular weight is 278 g/mol. The van der Waals surface area contributed by atoms with Gasteiger partial charge in [-0.3, -0.25) is 0 Å². The number of nitrogens with zero attached hydrogens (tertiary/aromatic N) is 1. The van der Waals surface area contributed by atoms with Crippen LogP contribution in [-0.2, 0) is 17.9 Å². The Bertz CT molecular complexity index is 392. The highest BCUT2D eigenvalue weighted by atomic mass is 16.5. The molecule has 0 saturated carbocycles. The molecule has 1 unspecified atom stereocenters. The maximum absolute atomic E-state index is 10.0. The van der Waals surface area contributed by atoms with Crippen LogP contribution in [0.1, 0.15) is 24.0 Å². The number of ether oxygens (including phenoxy) is 1. The van der Waals surface area contributed by atoms with Crippen LogP contribution in [0.2, 0.25) is 0 Å². The van der Waals surface area contributed by atoms with Gasteiger partial charge in [-0.1, -0.05) is 24.3 Å². The first-order valence-corrected chi connectivity index (χ1v) is 7.46. The Morgan fingerprint density at radius 3 is 2.80 bits per heavy atom. The van der Waals surface area contributed by atoms with E-state index in [2.05, 4.69) is 28.4 Å². The molecule has 0 amide bonds. The molecule has 0 bridgehead atoms. The van der Waals surface area contributed by atoms with Crippen molar-refractivity contribution >= 4 is 0 Å². The molecular weight excluding hydrogens is 252 g/mol. The molecule has 0 radical (unpaired) electrons. The Morgan fingerprint density at radius 1 is 1.30 bits per heavy atom. The van der Waals surface area contributed by atoms with Gasteiger partial charge in [0.15, 0.2) is 0 Å². The van der Waals surface area contributed by atoms with E-state index in [4.69, 9.17) is 4.74 Å². The molecule has 2 rings (SSSR count). The highest BCUT2D eigenvalue weighted by Crippen LogP contribution is 2.08. The number of aliphatic hydroxyl groups excluding tert-OH is 1. The number of hydrogen-bond acceptors (Lipinski definition) is 4. The minimum atomic E-state index is -0.282. The molecule has 1 heterocycles. The van der Waals surface area contributed by atoms with E-state index < -0.39 is 0 Å². The lowest BCUT2D eigenvalue weighted by Crippen LogP contribution is -2.36. The summed E-state index contributed by atoms with van der Waals surface area (Å²) < 4.78 is 5.13. The normalized spacial score (nSPS) is 17.5. The molecular formula is C16H26N2O2. The van der Waals surface area contributed by atoms with Crippen LogP contribution in [0.5, 0.6) is 0 Å². The van der Waals surface area contributed by atoms with Crippen LogP contribution in [0.15, 0.2) is 24.3 Å². The second-order valence-electron chi connectivity index (χ2n) is 5.55. The molecule has 2 N–H and O–H groups in total. The quantitative estimate of drug-likeness (QED) is 0.754. The molecule has 0 aliphatic carbocycles. The van der Waals surface area contributed by atoms with Gasteiger partial charge in [-0.25, -0.2) is 0 Å². The standard InChI is InChI=1S/C16H26N2O2/c1-20-13-15-6-4-5-14(9-15)10-17-11-16(19)12-18-7-2-3-8-18/h4-6,9,16-17,19H,2-3,7-8,10-13H2,1H3. The molecule has 1 aromatic carbocycles. The molecule has 20 heavy (non-hydrogen) atoms. The van der Waals surface area contributed by atoms with Gasteiger partial charge in [0.25, 0.3) is 0 Å². The van der Waals surface area contributed by atoms with Crippen LogP contribution in [0.25, 0.3) is 0 Å². The molecule has 0 spiro atoms. The van der Waals surface area contributed by atoms with Gasteiger partial charge in [0.05, 0.1) is 12.7 Å². The van der Waals surface area contributed by atoms with Gasteiger partial charge in [0.1, 0.15) is 0 Å². The van der Waals surface area contributed by atoms with Crippen molar-refractivity contribution in [2.24, 2.45) is 0 Å². The molecule has 112 valence electrons. The van der Waals surface area contributed by atoms with Gasteiger partial charge in [0.2, 0.25) is 0 Å². The van der Waals surface area contributed by atoms with Gasteiger partial charge in [-0.05, 0) is 37.1 Å². The molecule has 1 aliphatic heterocycles. The van der Waals surface area contributed by atoms with Crippen molar-refractivity contribution in [3.05, 3.63) is 35.4 Å². The van der Waals surface area contributed by atoms with Crippen molar-refractivity contribution in [2.45, 2.75) is 32.1 Å². The van der Waals surface area contributed by atoms with Crippen LogP contribution in [0.4, 0.5) is 0 Å². The van der Waals surface area contributed by atoms with Crippen LogP contribution >= 0.6 is 0 Å². The SMILES string of the molecule is COCc1cccc(CNCC(O)CN2CCCC2)c1. The molecule has 1 aliphatic rings. The van der Waals surface area contributed by atoms with Crippen molar-refractivity contribution < 1.29 is 9.84 Å². The summed E-state index contributed by atoms with van der Waals surface area (Å²) >= 11 is 0. The molecule has 0 aromatic heterocycles. The fourth-order valence-corrected chi connectivity index (χ4v) is 2.71. The number of likely N-dealkylation sites (tertiary alicyclic amines) is 1. The second kappa shape index (κ2) is 8.37. The van der Waals surface area contributed by atoms with E-state index >= 15 is 0 Å². The number of β-amino-alcohol motifs (C(OH)–C–C–N with tert-alkyl or cyclic N) is 1. The van der Waals surface area contributed by atoms with Gasteiger partial charge < -0.3 is 20.1 Å². The average Bonchev–Trinajstić information content (AvgIpc) is 2.92. The molecule has 4 heteroatoms. The van der Waals surface area contributed by atoms with Crippen molar-refractivity contribution in [1.29, 1.82) is 0 Å². The van der Waals surface area contributed by atoms with E-state index in [0.29, 0.717) is 13.2 Å². The first kappa shape index (κ1) is 15.4. The Balaban J connectivity index is 1.67. The molecule has 1 saturated heterocycles. The molecule has 1 fully saturated rings. The third kappa shape index (κ3) is 5.21. The van der Waals surface area contributed by atoms with E-state index in [1.807, 2.05) is 6.07 Å². The summed E-state index contributed by atoms with van der Waals surface area (Å²) in [6.45, 7) is 5.13. The van der Waals surface area contributed by atoms with E-state index in [-0.39, 0.29) is 6.10 Å². The maximum Gasteiger partial charge on any atom is 0.0791 e. The lowest BCUT2D eigenvalue weighted by molar-refractivity contribution is 0.123. The lowest BCUT2D eigenvalue weighted by atomic mass is 10.1. The topological polar surface area (TPSA) is 44.7 Å². The monoisotopic (exact) mass is 278 g/mol. The largest absolute Gasteiger partial charge is 0.390 e. The van der Waals surface area contributed by atoms with E-state index in [9.17, 15) is 5.11 Å². The third-order valence-corrected chi connectivity index (χ3v) is 3.68. The summed E-state index contributed by atoms with van der Waals surface area (Å²) in [6.07, 6.45) is 2.26. The number of rotatable bonds is 8. The highest BCUT2D eigenvalue weighted by Gasteiger charge is 2.15. The summed E-state index contributed by atoms with van der Waals surface area (Å²) in [5.41, 5.74) is 2.41. The van der Waals surface area contributed by atoms with E-state index in [1.54, 1.807) is 7.11 Å². The zero-order valence-corrected chi connectivity index (χ0v) is 12.3. The van der Waals surface area contributed by atoms with Crippen molar-refractivity contribution in [1.82, 2.24) is 10.2 Å². The van der Waals surface area contributed by atoms with Crippen molar-refractivity contribution in [3.8, 4) is 0 Å². The van der Waals surface area contributed by atoms with Crippen LogP contribution in [0, 0.1) is 0 Å². The smallest absolute Gasteiger partial charge is 0.0791 e. The van der Waals surface area contributed by atoms with Gasteiger partial charge >= 0.3 is 0 Å². The molecule has 1 atom stereocenters. The summed E-state index contributed by atoms with van der Waals surface area (Å²) in [5.74, 6) is 0. The van der Waals surface area contributed by atoms with Crippen LogP contribution < -0.4 is 5.32 Å². The Hall–Kier alpha value is -0.940. The maximum atomic E-state index is 10.0. The molecule has 1 aromatic rings. The Morgan fingerprint density at radius 2 is 2.05 bits per heavy atom. The Kier molecular flexibility index (Phi) is 6.47. The van der Waals surface area contributed by atoms with Gasteiger partial charge in [0, 0.05) is 26.7 Å². The van der Waals surface area contributed by atoms with E-state index in [1.165, 1.54) is 24.0 Å². The molecule has 4 nitrogen and oxygen atoms in total. The van der Waals surface area contributed by atoms with Crippen LogP contribution in [-0.4, -0.2) is 49.4 Å². The summed E-state index contributed by atoms with van der Waals surface area (Å²) in [4.78, 5) is 2.34. The highest BCUT2D eigenvalue weighted by molar-refractivity contribution is 5.22. The van der Waals surface area contributed by atoms with E-state index in [0.717, 1.165) is 26.2 Å². The minimum Gasteiger partial charge on any atom is -0.390 e. The Labute approximate surface area is 121 Å². The van der Waals surface area contributed by atoms with Crippen molar-refractivity contribution in [3.63, 3.8) is 0 Å². The fourth-order valence-electron chi connectivity index (χ4n) is 2.71. The predicted molar refractivity (Wildman–Crippen MR) is 80.5 cm³/mol.